The van der Waals surface area contributed by atoms with E-state index in [-0.39, 0.29) is 0 Å². The van der Waals surface area contributed by atoms with Gasteiger partial charge in [0.25, 0.3) is 0 Å². The topological polar surface area (TPSA) is 114 Å². The number of nitrogens with two attached hydrogens (primary N) is 3. The van der Waals surface area contributed by atoms with Gasteiger partial charge in [-0.15, -0.1) is 0 Å². The molecule has 0 aromatic rings. The Morgan fingerprint density at radius 3 is 1.11 bits per heavy atom. The molecule has 0 atom stereocenters. The summed E-state index contributed by atoms with van der Waals surface area (Å²) in [7, 11) is 0. The van der Waals surface area contributed by atoms with Crippen molar-refractivity contribution in [3.8, 4) is 0 Å². The number of nitrogens with one attached hydrogen (secondary N) is 3. The average Bonchev–Trinajstić information content (AvgIpc) is 2.43. The van der Waals surface area contributed by atoms with Gasteiger partial charge in [-0.1, -0.05) is 0 Å². The molecule has 7 heteroatoms. The van der Waals surface area contributed by atoms with Gasteiger partial charge in [-0.25, -0.2) is 0 Å². The fourth-order valence-electron chi connectivity index (χ4n) is 1.85. The van der Waals surface area contributed by atoms with Crippen LogP contribution in [0.3, 0.4) is 0 Å². The first-order chi connectivity index (χ1) is 9.35. The number of hydrogen-bond donors (Lipinski definition) is 6. The standard InChI is InChI=1S/3C4H11N2.Ti/c3*1-2-6-4-3-5;/h3*6H,1-5H2;. The summed E-state index contributed by atoms with van der Waals surface area (Å²) in [6, 6.07) is 0. The molecule has 0 aliphatic heterocycles. The Balaban J connectivity index is 3.66. The second-order valence-electron chi connectivity index (χ2n) is 4.62. The van der Waals surface area contributed by atoms with E-state index < -0.39 is 17.9 Å². The van der Waals surface area contributed by atoms with E-state index in [1.807, 2.05) is 0 Å². The van der Waals surface area contributed by atoms with Crippen LogP contribution >= 0.6 is 0 Å². The van der Waals surface area contributed by atoms with Crippen molar-refractivity contribution in [2.24, 2.45) is 17.2 Å². The van der Waals surface area contributed by atoms with Crippen LogP contribution < -0.4 is 33.2 Å². The quantitative estimate of drug-likeness (QED) is 0.162. The third kappa shape index (κ3) is 14.7. The molecule has 0 radical (unpaired) electrons. The van der Waals surface area contributed by atoms with E-state index in [2.05, 4.69) is 16.0 Å². The minimum atomic E-state index is -0.953. The Morgan fingerprint density at radius 2 is 0.842 bits per heavy atom. The number of rotatable bonds is 15. The molecule has 0 aromatic carbocycles. The Bertz CT molecular complexity index is 144. The maximum atomic E-state index is 5.48. The summed E-state index contributed by atoms with van der Waals surface area (Å²) >= 11 is -0.953. The molecule has 0 aliphatic rings. The van der Waals surface area contributed by atoms with Crippen molar-refractivity contribution in [2.75, 3.05) is 58.9 Å². The van der Waals surface area contributed by atoms with Gasteiger partial charge in [0.15, 0.2) is 0 Å². The van der Waals surface area contributed by atoms with Gasteiger partial charge in [0.05, 0.1) is 0 Å². The minimum absolute atomic E-state index is 0.728. The normalized spacial score (nSPS) is 10.9. The molecule has 0 rings (SSSR count). The van der Waals surface area contributed by atoms with Crippen LogP contribution in [-0.2, 0) is 17.9 Å². The van der Waals surface area contributed by atoms with Crippen molar-refractivity contribution in [2.45, 2.75) is 14.2 Å². The monoisotopic (exact) mass is 309 g/mol. The summed E-state index contributed by atoms with van der Waals surface area (Å²) in [5.41, 5.74) is 16.4. The molecule has 0 fully saturated rings. The van der Waals surface area contributed by atoms with E-state index in [0.29, 0.717) is 0 Å². The van der Waals surface area contributed by atoms with Gasteiger partial charge >= 0.3 is 124 Å². The Labute approximate surface area is 124 Å². The Kier molecular flexibility index (Phi) is 16.9. The third-order valence-electron chi connectivity index (χ3n) is 2.93. The summed E-state index contributed by atoms with van der Waals surface area (Å²) < 4.78 is 4.11. The molecule has 6 nitrogen and oxygen atoms in total. The predicted molar refractivity (Wildman–Crippen MR) is 80.2 cm³/mol. The molecule has 0 amide bonds. The zero-order valence-electron chi connectivity index (χ0n) is 12.2. The predicted octanol–water partition coefficient (Wildman–Crippen LogP) is -1.50. The van der Waals surface area contributed by atoms with Crippen LogP contribution in [0.4, 0.5) is 0 Å². The van der Waals surface area contributed by atoms with Crippen molar-refractivity contribution in [3.05, 3.63) is 0 Å². The van der Waals surface area contributed by atoms with Crippen molar-refractivity contribution >= 4 is 0 Å². The third-order valence-corrected chi connectivity index (χ3v) is 7.41. The molecule has 19 heavy (non-hydrogen) atoms. The van der Waals surface area contributed by atoms with Crippen molar-refractivity contribution in [1.82, 2.24) is 16.0 Å². The van der Waals surface area contributed by atoms with Crippen molar-refractivity contribution in [1.29, 1.82) is 0 Å². The van der Waals surface area contributed by atoms with Crippen LogP contribution in [0.15, 0.2) is 0 Å². The van der Waals surface area contributed by atoms with E-state index >= 15 is 0 Å². The van der Waals surface area contributed by atoms with E-state index in [9.17, 15) is 0 Å². The first-order valence-corrected chi connectivity index (χ1v) is 10.7. The molecule has 0 saturated heterocycles. The van der Waals surface area contributed by atoms with Gasteiger partial charge in [0.2, 0.25) is 0 Å². The molecular formula is C12H33N6Ti. The molecular weight excluding hydrogens is 276 g/mol. The van der Waals surface area contributed by atoms with E-state index in [1.54, 1.807) is 0 Å². The molecule has 0 spiro atoms. The molecule has 0 aromatic heterocycles. The first-order valence-electron chi connectivity index (χ1n) is 7.41. The van der Waals surface area contributed by atoms with Gasteiger partial charge in [0, 0.05) is 0 Å². The fraction of sp³-hybridized carbons (Fsp3) is 1.00. The van der Waals surface area contributed by atoms with Gasteiger partial charge in [0.1, 0.15) is 0 Å². The molecule has 9 N–H and O–H groups in total. The van der Waals surface area contributed by atoms with E-state index in [4.69, 9.17) is 17.2 Å². The number of hydrogen-bond acceptors (Lipinski definition) is 6. The molecule has 0 unspecified atom stereocenters. The van der Waals surface area contributed by atoms with Gasteiger partial charge < -0.3 is 0 Å². The van der Waals surface area contributed by atoms with Crippen molar-refractivity contribution < 1.29 is 17.9 Å². The second kappa shape index (κ2) is 16.5. The van der Waals surface area contributed by atoms with Gasteiger partial charge in [-0.3, -0.25) is 0 Å². The molecule has 0 bridgehead atoms. The zero-order valence-corrected chi connectivity index (χ0v) is 13.8. The average molecular weight is 309 g/mol. The molecule has 0 heterocycles. The fourth-order valence-corrected chi connectivity index (χ4v) is 5.51. The Hall–Kier alpha value is 0.474. The van der Waals surface area contributed by atoms with Crippen LogP contribution in [-0.4, -0.2) is 58.9 Å². The van der Waals surface area contributed by atoms with E-state index in [1.165, 1.54) is 14.2 Å². The first kappa shape index (κ1) is 19.5. The summed E-state index contributed by atoms with van der Waals surface area (Å²) in [4.78, 5) is 0. The zero-order chi connectivity index (χ0) is 14.2. The van der Waals surface area contributed by atoms with Crippen molar-refractivity contribution in [3.63, 3.8) is 0 Å². The summed E-state index contributed by atoms with van der Waals surface area (Å²) in [6.45, 7) is 8.36. The molecule has 0 aliphatic carbocycles. The van der Waals surface area contributed by atoms with E-state index in [0.717, 1.165) is 58.9 Å². The van der Waals surface area contributed by atoms with Gasteiger partial charge in [-0.2, -0.15) is 0 Å². The van der Waals surface area contributed by atoms with Gasteiger partial charge in [-0.05, 0) is 0 Å². The maximum absolute atomic E-state index is 5.48. The van der Waals surface area contributed by atoms with Crippen LogP contribution in [0.2, 0.25) is 14.2 Å². The molecule has 0 saturated carbocycles. The summed E-state index contributed by atoms with van der Waals surface area (Å²) in [5.74, 6) is 0. The Morgan fingerprint density at radius 1 is 0.526 bits per heavy atom. The van der Waals surface area contributed by atoms with Crippen LogP contribution in [0.5, 0.6) is 0 Å². The van der Waals surface area contributed by atoms with Crippen LogP contribution in [0.25, 0.3) is 0 Å². The SMILES string of the molecule is NCCNC[CH2][Ti]([CH2]CNCCN)[CH2]CNCCN. The second-order valence-corrected chi connectivity index (χ2v) is 9.30. The van der Waals surface area contributed by atoms with Crippen LogP contribution in [0, 0.1) is 0 Å². The molecule has 115 valence electrons. The van der Waals surface area contributed by atoms with Crippen LogP contribution in [0.1, 0.15) is 0 Å². The summed E-state index contributed by atoms with van der Waals surface area (Å²) in [5, 5.41) is 10.2. The summed E-state index contributed by atoms with van der Waals surface area (Å²) in [6.07, 6.45) is 0.